The van der Waals surface area contributed by atoms with Gasteiger partial charge >= 0.3 is 0 Å². The maximum absolute atomic E-state index is 5.82. The second kappa shape index (κ2) is 2.66. The Labute approximate surface area is 92.9 Å². The lowest BCUT2D eigenvalue weighted by Gasteiger charge is -2.18. The van der Waals surface area contributed by atoms with Crippen LogP contribution in [0.4, 0.5) is 11.5 Å². The Morgan fingerprint density at radius 2 is 2.12 bits per heavy atom. The highest BCUT2D eigenvalue weighted by Crippen LogP contribution is 2.45. The highest BCUT2D eigenvalue weighted by molar-refractivity contribution is 5.65. The first-order valence-corrected chi connectivity index (χ1v) is 5.66. The number of nitrogens with two attached hydrogens (primary N) is 1. The van der Waals surface area contributed by atoms with Gasteiger partial charge < -0.3 is 10.6 Å². The molecular formula is C11H13N5. The number of fused-ring (bicyclic) bond motifs is 2. The van der Waals surface area contributed by atoms with Crippen LogP contribution in [0.2, 0.25) is 0 Å². The van der Waals surface area contributed by atoms with Gasteiger partial charge in [-0.25, -0.2) is 9.50 Å². The number of hydrogen-bond acceptors (Lipinski definition) is 4. The normalized spacial score (nSPS) is 27.4. The molecule has 2 N–H and O–H groups in total. The molecule has 3 heterocycles. The van der Waals surface area contributed by atoms with Crippen molar-refractivity contribution in [2.24, 2.45) is 11.8 Å². The fraction of sp³-hybridized carbons (Fsp3) is 0.455. The molecule has 16 heavy (non-hydrogen) atoms. The highest BCUT2D eigenvalue weighted by atomic mass is 15.3. The molecule has 5 heteroatoms. The van der Waals surface area contributed by atoms with E-state index in [9.17, 15) is 0 Å². The molecule has 1 saturated heterocycles. The number of rotatable bonds is 1. The van der Waals surface area contributed by atoms with E-state index in [4.69, 9.17) is 5.73 Å². The summed E-state index contributed by atoms with van der Waals surface area (Å²) in [5.41, 5.74) is 7.22. The molecule has 2 atom stereocenters. The van der Waals surface area contributed by atoms with Crippen molar-refractivity contribution in [2.45, 2.75) is 6.42 Å². The van der Waals surface area contributed by atoms with E-state index in [-0.39, 0.29) is 0 Å². The van der Waals surface area contributed by atoms with Crippen LogP contribution in [0.25, 0.3) is 5.65 Å². The summed E-state index contributed by atoms with van der Waals surface area (Å²) in [6.07, 6.45) is 4.99. The number of nitrogens with zero attached hydrogens (tertiary/aromatic N) is 4. The molecule has 0 radical (unpaired) electrons. The lowest BCUT2D eigenvalue weighted by Crippen LogP contribution is -2.23. The van der Waals surface area contributed by atoms with Crippen molar-refractivity contribution in [3.05, 3.63) is 18.5 Å². The van der Waals surface area contributed by atoms with Crippen LogP contribution in [0.15, 0.2) is 18.5 Å². The van der Waals surface area contributed by atoms with Gasteiger partial charge in [0.2, 0.25) is 0 Å². The van der Waals surface area contributed by atoms with Crippen molar-refractivity contribution in [3.8, 4) is 0 Å². The smallest absolute Gasteiger partial charge is 0.180 e. The van der Waals surface area contributed by atoms with E-state index in [0.29, 0.717) is 5.69 Å². The van der Waals surface area contributed by atoms with E-state index in [2.05, 4.69) is 15.0 Å². The van der Waals surface area contributed by atoms with Crippen LogP contribution in [0, 0.1) is 11.8 Å². The van der Waals surface area contributed by atoms with Gasteiger partial charge in [0.25, 0.3) is 0 Å². The van der Waals surface area contributed by atoms with Gasteiger partial charge in [-0.05, 0) is 24.3 Å². The van der Waals surface area contributed by atoms with Crippen molar-refractivity contribution in [2.75, 3.05) is 23.7 Å². The summed E-state index contributed by atoms with van der Waals surface area (Å²) in [5.74, 6) is 2.87. The monoisotopic (exact) mass is 215 g/mol. The third kappa shape index (κ3) is 1.05. The Morgan fingerprint density at radius 1 is 1.31 bits per heavy atom. The molecule has 2 aromatic heterocycles. The average Bonchev–Trinajstić information content (AvgIpc) is 2.75. The van der Waals surface area contributed by atoms with E-state index in [1.807, 2.05) is 12.3 Å². The second-order valence-corrected chi connectivity index (χ2v) is 4.81. The first-order chi connectivity index (χ1) is 7.81. The molecule has 4 rings (SSSR count). The summed E-state index contributed by atoms with van der Waals surface area (Å²) in [5, 5.41) is 4.12. The Morgan fingerprint density at radius 3 is 2.94 bits per heavy atom. The van der Waals surface area contributed by atoms with E-state index in [1.54, 1.807) is 10.7 Å². The lowest BCUT2D eigenvalue weighted by atomic mass is 10.4. The van der Waals surface area contributed by atoms with E-state index in [0.717, 1.165) is 36.4 Å². The number of anilines is 2. The largest absolute Gasteiger partial charge is 0.394 e. The number of piperidine rings is 1. The minimum Gasteiger partial charge on any atom is -0.394 e. The Kier molecular flexibility index (Phi) is 1.40. The van der Waals surface area contributed by atoms with Gasteiger partial charge in [-0.15, -0.1) is 0 Å². The van der Waals surface area contributed by atoms with Crippen molar-refractivity contribution in [3.63, 3.8) is 0 Å². The van der Waals surface area contributed by atoms with Gasteiger partial charge in [-0.2, -0.15) is 5.10 Å². The SMILES string of the molecule is Nc1cnn2ccc(N3CC4CC4C3)nc12. The Bertz CT molecular complexity index is 551. The van der Waals surface area contributed by atoms with Gasteiger partial charge in [0.1, 0.15) is 5.82 Å². The molecule has 0 amide bonds. The average molecular weight is 215 g/mol. The summed E-state index contributed by atoms with van der Waals surface area (Å²) in [6.45, 7) is 2.31. The third-order valence-electron chi connectivity index (χ3n) is 3.68. The van der Waals surface area contributed by atoms with Gasteiger partial charge in [-0.1, -0.05) is 0 Å². The third-order valence-corrected chi connectivity index (χ3v) is 3.68. The summed E-state index contributed by atoms with van der Waals surface area (Å²) < 4.78 is 1.72. The van der Waals surface area contributed by atoms with E-state index >= 15 is 0 Å². The molecule has 2 unspecified atom stereocenters. The molecular weight excluding hydrogens is 202 g/mol. The first kappa shape index (κ1) is 8.38. The van der Waals surface area contributed by atoms with Crippen LogP contribution in [0.1, 0.15) is 6.42 Å². The first-order valence-electron chi connectivity index (χ1n) is 5.66. The standard InChI is InChI=1S/C11H13N5/c12-9-4-13-16-2-1-10(14-11(9)16)15-5-7-3-8(7)6-15/h1-2,4,7-8H,3,5-6,12H2. The molecule has 0 bridgehead atoms. The van der Waals surface area contributed by atoms with Crippen LogP contribution < -0.4 is 10.6 Å². The van der Waals surface area contributed by atoms with Crippen LogP contribution in [0.5, 0.6) is 0 Å². The van der Waals surface area contributed by atoms with Crippen molar-refractivity contribution < 1.29 is 0 Å². The molecule has 0 spiro atoms. The second-order valence-electron chi connectivity index (χ2n) is 4.81. The van der Waals surface area contributed by atoms with E-state index in [1.165, 1.54) is 6.42 Å². The van der Waals surface area contributed by atoms with Gasteiger partial charge in [0.15, 0.2) is 5.65 Å². The zero-order valence-electron chi connectivity index (χ0n) is 8.87. The van der Waals surface area contributed by atoms with Crippen LogP contribution in [-0.4, -0.2) is 27.7 Å². The number of nitrogen functional groups attached to an aromatic ring is 1. The minimum absolute atomic E-state index is 0.645. The van der Waals surface area contributed by atoms with Gasteiger partial charge in [0.05, 0.1) is 11.9 Å². The quantitative estimate of drug-likeness (QED) is 0.763. The minimum atomic E-state index is 0.645. The van der Waals surface area contributed by atoms with Crippen molar-refractivity contribution in [1.29, 1.82) is 0 Å². The van der Waals surface area contributed by atoms with Gasteiger partial charge in [0, 0.05) is 19.3 Å². The zero-order valence-corrected chi connectivity index (χ0v) is 8.87. The van der Waals surface area contributed by atoms with Crippen LogP contribution in [-0.2, 0) is 0 Å². The summed E-state index contributed by atoms with van der Waals surface area (Å²) >= 11 is 0. The number of aromatic nitrogens is 3. The maximum atomic E-state index is 5.82. The predicted molar refractivity (Wildman–Crippen MR) is 61.2 cm³/mol. The molecule has 5 nitrogen and oxygen atoms in total. The van der Waals surface area contributed by atoms with Crippen LogP contribution in [0.3, 0.4) is 0 Å². The molecule has 0 aromatic carbocycles. The maximum Gasteiger partial charge on any atom is 0.180 e. The molecule has 1 aliphatic carbocycles. The van der Waals surface area contributed by atoms with Gasteiger partial charge in [-0.3, -0.25) is 0 Å². The topological polar surface area (TPSA) is 59.4 Å². The Balaban J connectivity index is 1.76. The molecule has 1 aliphatic heterocycles. The summed E-state index contributed by atoms with van der Waals surface area (Å²) in [7, 11) is 0. The summed E-state index contributed by atoms with van der Waals surface area (Å²) in [4.78, 5) is 6.93. The molecule has 2 aromatic rings. The highest BCUT2D eigenvalue weighted by Gasteiger charge is 2.45. The molecule has 82 valence electrons. The molecule has 2 aliphatic rings. The fourth-order valence-electron chi connectivity index (χ4n) is 2.64. The van der Waals surface area contributed by atoms with E-state index < -0.39 is 0 Å². The van der Waals surface area contributed by atoms with Crippen LogP contribution >= 0.6 is 0 Å². The van der Waals surface area contributed by atoms with Crippen molar-refractivity contribution >= 4 is 17.2 Å². The number of hydrogen-bond donors (Lipinski definition) is 1. The fourth-order valence-corrected chi connectivity index (χ4v) is 2.64. The molecule has 1 saturated carbocycles. The van der Waals surface area contributed by atoms with Crippen molar-refractivity contribution in [1.82, 2.24) is 14.6 Å². The molecule has 2 fully saturated rings. The zero-order chi connectivity index (χ0) is 10.7. The predicted octanol–water partition coefficient (Wildman–Crippen LogP) is 0.768. The Hall–Kier alpha value is -1.78. The summed E-state index contributed by atoms with van der Waals surface area (Å²) in [6, 6.07) is 2.02. The lowest BCUT2D eigenvalue weighted by molar-refractivity contribution is 0.801.